The summed E-state index contributed by atoms with van der Waals surface area (Å²) in [6.45, 7) is 1.81. The number of amidine groups is 1. The number of hydrogen-bond acceptors (Lipinski definition) is 3. The maximum atomic E-state index is 13.7. The zero-order valence-electron chi connectivity index (χ0n) is 11.3. The lowest BCUT2D eigenvalue weighted by atomic mass is 9.83. The van der Waals surface area contributed by atoms with Gasteiger partial charge in [0.15, 0.2) is 5.84 Å². The summed E-state index contributed by atoms with van der Waals surface area (Å²) in [5, 5.41) is 14.4. The van der Waals surface area contributed by atoms with Crippen LogP contribution in [0.4, 0.5) is 10.1 Å². The molecule has 1 aromatic carbocycles. The Balaban J connectivity index is 2.28. The van der Waals surface area contributed by atoms with E-state index in [9.17, 15) is 9.18 Å². The van der Waals surface area contributed by atoms with Crippen LogP contribution in [0, 0.1) is 18.2 Å². The van der Waals surface area contributed by atoms with Crippen molar-refractivity contribution in [3.63, 3.8) is 0 Å². The van der Waals surface area contributed by atoms with Crippen LogP contribution in [0.2, 0.25) is 0 Å². The maximum absolute atomic E-state index is 13.7. The second-order valence-electron chi connectivity index (χ2n) is 5.21. The van der Waals surface area contributed by atoms with Crippen LogP contribution in [-0.4, -0.2) is 17.0 Å². The summed E-state index contributed by atoms with van der Waals surface area (Å²) < 4.78 is 13.7. The topological polar surface area (TPSA) is 87.7 Å². The number of benzene rings is 1. The normalized spacial score (nSPS) is 18.0. The van der Waals surface area contributed by atoms with Crippen LogP contribution in [0.3, 0.4) is 0 Å². The van der Waals surface area contributed by atoms with Gasteiger partial charge < -0.3 is 16.3 Å². The zero-order chi connectivity index (χ0) is 14.8. The van der Waals surface area contributed by atoms with E-state index in [1.165, 1.54) is 6.07 Å². The molecule has 0 saturated heterocycles. The molecule has 1 aliphatic rings. The van der Waals surface area contributed by atoms with Gasteiger partial charge in [-0.1, -0.05) is 24.1 Å². The predicted molar refractivity (Wildman–Crippen MR) is 74.1 cm³/mol. The molecule has 5 nitrogen and oxygen atoms in total. The minimum atomic E-state index is -1.04. The molecule has 0 bridgehead atoms. The Morgan fingerprint density at radius 2 is 2.10 bits per heavy atom. The van der Waals surface area contributed by atoms with E-state index in [2.05, 4.69) is 10.5 Å². The van der Waals surface area contributed by atoms with Gasteiger partial charge in [-0.05, 0) is 37.5 Å². The number of nitrogens with zero attached hydrogens (tertiary/aromatic N) is 1. The first-order chi connectivity index (χ1) is 9.49. The third-order valence-electron chi connectivity index (χ3n) is 3.86. The molecule has 0 aromatic heterocycles. The lowest BCUT2D eigenvalue weighted by Gasteiger charge is -2.26. The SMILES string of the molecule is Cc1ccc(F)c(NC(=O)C2(C(N)=NO)CCCC2)c1. The fourth-order valence-corrected chi connectivity index (χ4v) is 2.65. The largest absolute Gasteiger partial charge is 0.409 e. The summed E-state index contributed by atoms with van der Waals surface area (Å²) in [4.78, 5) is 12.5. The number of nitrogens with two attached hydrogens (primary N) is 1. The summed E-state index contributed by atoms with van der Waals surface area (Å²) in [6.07, 6.45) is 2.64. The molecule has 0 unspecified atom stereocenters. The number of halogens is 1. The van der Waals surface area contributed by atoms with Gasteiger partial charge in [0.05, 0.1) is 5.69 Å². The van der Waals surface area contributed by atoms with E-state index < -0.39 is 17.1 Å². The summed E-state index contributed by atoms with van der Waals surface area (Å²) in [6, 6.07) is 4.48. The molecule has 6 heteroatoms. The summed E-state index contributed by atoms with van der Waals surface area (Å²) in [7, 11) is 0. The van der Waals surface area contributed by atoms with Crippen molar-refractivity contribution < 1.29 is 14.4 Å². The molecule has 0 radical (unpaired) electrons. The molecule has 1 aliphatic carbocycles. The monoisotopic (exact) mass is 279 g/mol. The lowest BCUT2D eigenvalue weighted by Crippen LogP contribution is -2.45. The molecule has 0 atom stereocenters. The number of carbonyl (C=O) groups is 1. The van der Waals surface area contributed by atoms with E-state index in [4.69, 9.17) is 10.9 Å². The van der Waals surface area contributed by atoms with E-state index in [-0.39, 0.29) is 11.5 Å². The van der Waals surface area contributed by atoms with Gasteiger partial charge in [0.1, 0.15) is 11.2 Å². The van der Waals surface area contributed by atoms with Gasteiger partial charge >= 0.3 is 0 Å². The van der Waals surface area contributed by atoms with Gasteiger partial charge in [-0.3, -0.25) is 4.79 Å². The number of aryl methyl sites for hydroxylation is 1. The Labute approximate surface area is 116 Å². The summed E-state index contributed by atoms with van der Waals surface area (Å²) >= 11 is 0. The molecule has 1 amide bonds. The van der Waals surface area contributed by atoms with Crippen molar-refractivity contribution in [2.24, 2.45) is 16.3 Å². The first-order valence-electron chi connectivity index (χ1n) is 6.55. The van der Waals surface area contributed by atoms with Crippen LogP contribution in [0.15, 0.2) is 23.4 Å². The first kappa shape index (κ1) is 14.3. The van der Waals surface area contributed by atoms with Gasteiger partial charge in [-0.25, -0.2) is 4.39 Å². The first-order valence-corrected chi connectivity index (χ1v) is 6.55. The Hall–Kier alpha value is -2.11. The molecular formula is C14H18FN3O2. The number of amides is 1. The molecule has 0 spiro atoms. The number of rotatable bonds is 3. The van der Waals surface area contributed by atoms with E-state index in [0.29, 0.717) is 12.8 Å². The number of nitrogens with one attached hydrogen (secondary N) is 1. The van der Waals surface area contributed by atoms with Crippen LogP contribution in [0.25, 0.3) is 0 Å². The second kappa shape index (κ2) is 5.48. The average molecular weight is 279 g/mol. The smallest absolute Gasteiger partial charge is 0.238 e. The molecule has 2 rings (SSSR count). The quantitative estimate of drug-likeness (QED) is 0.343. The second-order valence-corrected chi connectivity index (χ2v) is 5.21. The fraction of sp³-hybridized carbons (Fsp3) is 0.429. The lowest BCUT2D eigenvalue weighted by molar-refractivity contribution is -0.122. The van der Waals surface area contributed by atoms with Crippen molar-refractivity contribution in [3.8, 4) is 0 Å². The van der Waals surface area contributed by atoms with Gasteiger partial charge in [0.2, 0.25) is 5.91 Å². The van der Waals surface area contributed by atoms with Gasteiger partial charge in [-0.2, -0.15) is 0 Å². The maximum Gasteiger partial charge on any atom is 0.238 e. The van der Waals surface area contributed by atoms with Crippen LogP contribution in [0.5, 0.6) is 0 Å². The average Bonchev–Trinajstić information content (AvgIpc) is 2.92. The number of anilines is 1. The van der Waals surface area contributed by atoms with Gasteiger partial charge in [-0.15, -0.1) is 0 Å². The highest BCUT2D eigenvalue weighted by Gasteiger charge is 2.45. The fourth-order valence-electron chi connectivity index (χ4n) is 2.65. The van der Waals surface area contributed by atoms with Crippen molar-refractivity contribution >= 4 is 17.4 Å². The number of hydrogen-bond donors (Lipinski definition) is 3. The number of carbonyl (C=O) groups excluding carboxylic acids is 1. The Morgan fingerprint density at radius 1 is 1.45 bits per heavy atom. The van der Waals surface area contributed by atoms with Crippen LogP contribution in [0.1, 0.15) is 31.2 Å². The molecule has 20 heavy (non-hydrogen) atoms. The highest BCUT2D eigenvalue weighted by molar-refractivity contribution is 6.12. The van der Waals surface area contributed by atoms with Crippen LogP contribution < -0.4 is 11.1 Å². The molecule has 1 saturated carbocycles. The van der Waals surface area contributed by atoms with Crippen molar-refractivity contribution in [1.82, 2.24) is 0 Å². The summed E-state index contributed by atoms with van der Waals surface area (Å²) in [5.41, 5.74) is 5.60. The molecule has 108 valence electrons. The van der Waals surface area contributed by atoms with Crippen LogP contribution in [-0.2, 0) is 4.79 Å². The van der Waals surface area contributed by atoms with E-state index in [1.54, 1.807) is 12.1 Å². The highest BCUT2D eigenvalue weighted by atomic mass is 19.1. The standard InChI is InChI=1S/C14H18FN3O2/c1-9-4-5-10(15)11(8-9)17-13(19)14(12(16)18-20)6-2-3-7-14/h4-5,8,20H,2-3,6-7H2,1H3,(H2,16,18)(H,17,19). The minimum Gasteiger partial charge on any atom is -0.409 e. The molecular weight excluding hydrogens is 261 g/mol. The minimum absolute atomic E-state index is 0.111. The van der Waals surface area contributed by atoms with E-state index >= 15 is 0 Å². The highest BCUT2D eigenvalue weighted by Crippen LogP contribution is 2.39. The predicted octanol–water partition coefficient (Wildman–Crippen LogP) is 2.38. The van der Waals surface area contributed by atoms with Gasteiger partial charge in [0.25, 0.3) is 0 Å². The Bertz CT molecular complexity index is 551. The third kappa shape index (κ3) is 2.45. The van der Waals surface area contributed by atoms with E-state index in [0.717, 1.165) is 18.4 Å². The van der Waals surface area contributed by atoms with Gasteiger partial charge in [0, 0.05) is 0 Å². The molecule has 1 aromatic rings. The zero-order valence-corrected chi connectivity index (χ0v) is 11.3. The van der Waals surface area contributed by atoms with Crippen molar-refractivity contribution in [2.45, 2.75) is 32.6 Å². The van der Waals surface area contributed by atoms with Crippen LogP contribution >= 0.6 is 0 Å². The molecule has 1 fully saturated rings. The summed E-state index contributed by atoms with van der Waals surface area (Å²) in [5.74, 6) is -1.04. The Kier molecular flexibility index (Phi) is 3.92. The molecule has 4 N–H and O–H groups in total. The number of oxime groups is 1. The van der Waals surface area contributed by atoms with Crippen molar-refractivity contribution in [1.29, 1.82) is 0 Å². The Morgan fingerprint density at radius 3 is 2.70 bits per heavy atom. The van der Waals surface area contributed by atoms with Crippen molar-refractivity contribution in [3.05, 3.63) is 29.6 Å². The third-order valence-corrected chi connectivity index (χ3v) is 3.86. The molecule has 0 heterocycles. The molecule has 0 aliphatic heterocycles. The van der Waals surface area contributed by atoms with Crippen molar-refractivity contribution in [2.75, 3.05) is 5.32 Å². The van der Waals surface area contributed by atoms with E-state index in [1.807, 2.05) is 6.92 Å².